The summed E-state index contributed by atoms with van der Waals surface area (Å²) in [6.45, 7) is 0. The lowest BCUT2D eigenvalue weighted by Gasteiger charge is -2.13. The Kier molecular flexibility index (Phi) is 6.78. The minimum Gasteiger partial charge on any atom is -0.456 e. The van der Waals surface area contributed by atoms with Crippen molar-refractivity contribution in [2.75, 3.05) is 0 Å². The molecule has 0 saturated heterocycles. The highest BCUT2D eigenvalue weighted by atomic mass is 16.3. The molecule has 0 aliphatic carbocycles. The molecule has 10 rings (SSSR count). The number of para-hydroxylation sites is 1. The third-order valence-electron chi connectivity index (χ3n) is 9.68. The lowest BCUT2D eigenvalue weighted by atomic mass is 9.95. The van der Waals surface area contributed by atoms with Crippen molar-refractivity contribution in [3.8, 4) is 56.4 Å². The van der Waals surface area contributed by atoms with Crippen LogP contribution in [0, 0.1) is 0 Å². The number of fused-ring (bicyclic) bond motifs is 5. The maximum Gasteiger partial charge on any atom is 0.164 e. The molecule has 0 unspecified atom stereocenters. The predicted octanol–water partition coefficient (Wildman–Crippen LogP) is 12.4. The Morgan fingerprint density at radius 1 is 0.294 bits per heavy atom. The summed E-state index contributed by atoms with van der Waals surface area (Å²) in [5.41, 5.74) is 9.04. The van der Waals surface area contributed by atoms with E-state index in [0.29, 0.717) is 17.5 Å². The minimum atomic E-state index is 0.589. The normalized spacial score (nSPS) is 11.5. The number of hydrogen-bond acceptors (Lipinski definition) is 4. The fourth-order valence-electron chi connectivity index (χ4n) is 7.12. The van der Waals surface area contributed by atoms with Crippen molar-refractivity contribution in [3.05, 3.63) is 176 Å². The summed E-state index contributed by atoms with van der Waals surface area (Å²) in [5, 5.41) is 6.74. The molecule has 4 nitrogen and oxygen atoms in total. The van der Waals surface area contributed by atoms with Crippen molar-refractivity contribution < 1.29 is 4.42 Å². The Hall–Kier alpha value is -6.91. The van der Waals surface area contributed by atoms with Gasteiger partial charge in [0.15, 0.2) is 17.5 Å². The average molecular weight is 652 g/mol. The molecule has 238 valence electrons. The highest BCUT2D eigenvalue weighted by molar-refractivity contribution is 6.06. The minimum absolute atomic E-state index is 0.589. The first kappa shape index (κ1) is 29.0. The lowest BCUT2D eigenvalue weighted by molar-refractivity contribution is 0.669. The summed E-state index contributed by atoms with van der Waals surface area (Å²) in [6.07, 6.45) is 0. The molecule has 0 atom stereocenters. The summed E-state index contributed by atoms with van der Waals surface area (Å²) in [5.74, 6) is 1.82. The maximum atomic E-state index is 6.28. The van der Waals surface area contributed by atoms with Crippen LogP contribution in [-0.2, 0) is 0 Å². The van der Waals surface area contributed by atoms with E-state index in [1.807, 2.05) is 36.4 Å². The zero-order valence-corrected chi connectivity index (χ0v) is 27.5. The molecule has 2 aromatic heterocycles. The van der Waals surface area contributed by atoms with Crippen LogP contribution in [0.2, 0.25) is 0 Å². The van der Waals surface area contributed by atoms with E-state index in [2.05, 4.69) is 140 Å². The van der Waals surface area contributed by atoms with Crippen LogP contribution in [0.25, 0.3) is 99.9 Å². The van der Waals surface area contributed by atoms with Gasteiger partial charge in [0.05, 0.1) is 0 Å². The molecular formula is C47H29N3O. The third-order valence-corrected chi connectivity index (χ3v) is 9.68. The van der Waals surface area contributed by atoms with Gasteiger partial charge in [-0.2, -0.15) is 0 Å². The van der Waals surface area contributed by atoms with Gasteiger partial charge in [-0.05, 0) is 86.3 Å². The van der Waals surface area contributed by atoms with Gasteiger partial charge in [-0.1, -0.05) is 133 Å². The van der Waals surface area contributed by atoms with Crippen molar-refractivity contribution in [2.24, 2.45) is 0 Å². The number of nitrogens with zero attached hydrogens (tertiary/aromatic N) is 3. The fourth-order valence-corrected chi connectivity index (χ4v) is 7.12. The van der Waals surface area contributed by atoms with Crippen LogP contribution >= 0.6 is 0 Å². The molecule has 8 aromatic carbocycles. The quantitative estimate of drug-likeness (QED) is 0.186. The molecule has 10 aromatic rings. The Bertz CT molecular complexity index is 2910. The highest BCUT2D eigenvalue weighted by Crippen LogP contribution is 2.36. The molecule has 0 amide bonds. The van der Waals surface area contributed by atoms with Gasteiger partial charge in [-0.25, -0.2) is 15.0 Å². The topological polar surface area (TPSA) is 51.8 Å². The van der Waals surface area contributed by atoms with E-state index in [1.165, 1.54) is 16.5 Å². The smallest absolute Gasteiger partial charge is 0.164 e. The van der Waals surface area contributed by atoms with Gasteiger partial charge < -0.3 is 4.42 Å². The van der Waals surface area contributed by atoms with Gasteiger partial charge in [0, 0.05) is 27.5 Å². The van der Waals surface area contributed by atoms with E-state index in [4.69, 9.17) is 19.4 Å². The van der Waals surface area contributed by atoms with E-state index in [-0.39, 0.29) is 0 Å². The summed E-state index contributed by atoms with van der Waals surface area (Å²) < 4.78 is 6.28. The standard InChI is InChI=1S/C47H29N3O/c1-3-11-30(12-4-1)32-19-20-34-26-36(22-21-33(34)25-32)45-48-46(37-23-24-41-40-17-9-10-18-43(40)51-44(41)29-37)50-47(49-45)38-27-35-15-7-8-16-39(35)42(28-38)31-13-5-2-6-14-31/h1-29H. The van der Waals surface area contributed by atoms with Crippen LogP contribution in [0.1, 0.15) is 0 Å². The van der Waals surface area contributed by atoms with Crippen LogP contribution in [-0.4, -0.2) is 15.0 Å². The molecule has 51 heavy (non-hydrogen) atoms. The van der Waals surface area contributed by atoms with Gasteiger partial charge in [-0.15, -0.1) is 0 Å². The Morgan fingerprint density at radius 3 is 1.59 bits per heavy atom. The molecule has 0 aliphatic rings. The Labute approximate surface area is 294 Å². The van der Waals surface area contributed by atoms with Crippen molar-refractivity contribution in [1.82, 2.24) is 15.0 Å². The van der Waals surface area contributed by atoms with Crippen LogP contribution in [0.4, 0.5) is 0 Å². The molecule has 0 spiro atoms. The highest BCUT2D eigenvalue weighted by Gasteiger charge is 2.17. The first-order chi connectivity index (χ1) is 25.2. The van der Waals surface area contributed by atoms with E-state index in [1.54, 1.807) is 0 Å². The van der Waals surface area contributed by atoms with Crippen LogP contribution in [0.15, 0.2) is 180 Å². The van der Waals surface area contributed by atoms with E-state index < -0.39 is 0 Å². The second kappa shape index (κ2) is 11.9. The van der Waals surface area contributed by atoms with Gasteiger partial charge in [0.25, 0.3) is 0 Å². The van der Waals surface area contributed by atoms with E-state index in [0.717, 1.165) is 65.9 Å². The fraction of sp³-hybridized carbons (Fsp3) is 0. The third kappa shape index (κ3) is 5.22. The first-order valence-electron chi connectivity index (χ1n) is 17.1. The molecule has 2 heterocycles. The largest absolute Gasteiger partial charge is 0.456 e. The second-order valence-corrected chi connectivity index (χ2v) is 12.9. The average Bonchev–Trinajstić information content (AvgIpc) is 3.58. The Morgan fingerprint density at radius 2 is 0.824 bits per heavy atom. The number of benzene rings is 8. The molecule has 0 radical (unpaired) electrons. The lowest BCUT2D eigenvalue weighted by Crippen LogP contribution is -2.00. The van der Waals surface area contributed by atoms with Gasteiger partial charge in [-0.3, -0.25) is 0 Å². The first-order valence-corrected chi connectivity index (χ1v) is 17.1. The van der Waals surface area contributed by atoms with Crippen LogP contribution in [0.3, 0.4) is 0 Å². The number of hydrogen-bond donors (Lipinski definition) is 0. The predicted molar refractivity (Wildman–Crippen MR) is 209 cm³/mol. The summed E-state index contributed by atoms with van der Waals surface area (Å²) >= 11 is 0. The molecule has 0 aliphatic heterocycles. The van der Waals surface area contributed by atoms with Crippen molar-refractivity contribution in [1.29, 1.82) is 0 Å². The van der Waals surface area contributed by atoms with Gasteiger partial charge >= 0.3 is 0 Å². The monoisotopic (exact) mass is 651 g/mol. The van der Waals surface area contributed by atoms with Crippen molar-refractivity contribution in [3.63, 3.8) is 0 Å². The molecule has 0 bridgehead atoms. The van der Waals surface area contributed by atoms with Crippen LogP contribution in [0.5, 0.6) is 0 Å². The van der Waals surface area contributed by atoms with Crippen molar-refractivity contribution in [2.45, 2.75) is 0 Å². The van der Waals surface area contributed by atoms with Crippen LogP contribution < -0.4 is 0 Å². The second-order valence-electron chi connectivity index (χ2n) is 12.9. The summed E-state index contributed by atoms with van der Waals surface area (Å²) in [4.78, 5) is 15.4. The number of furan rings is 1. The zero-order valence-electron chi connectivity index (χ0n) is 27.5. The van der Waals surface area contributed by atoms with Gasteiger partial charge in [0.2, 0.25) is 0 Å². The van der Waals surface area contributed by atoms with Crippen molar-refractivity contribution >= 4 is 43.5 Å². The van der Waals surface area contributed by atoms with E-state index >= 15 is 0 Å². The molecule has 0 fully saturated rings. The number of aromatic nitrogens is 3. The molecule has 0 saturated carbocycles. The Balaban J connectivity index is 1.16. The summed E-state index contributed by atoms with van der Waals surface area (Å²) in [6, 6.07) is 61.2. The zero-order chi connectivity index (χ0) is 33.7. The molecule has 0 N–H and O–H groups in total. The maximum absolute atomic E-state index is 6.28. The SMILES string of the molecule is c1ccc(-c2ccc3cc(-c4nc(-c5cc(-c6ccccc6)c6ccccc6c5)nc(-c5ccc6c(c5)oc5ccccc56)n4)ccc3c2)cc1. The van der Waals surface area contributed by atoms with E-state index in [9.17, 15) is 0 Å². The summed E-state index contributed by atoms with van der Waals surface area (Å²) in [7, 11) is 0. The number of rotatable bonds is 5. The van der Waals surface area contributed by atoms with Gasteiger partial charge in [0.1, 0.15) is 11.2 Å². The molecular weight excluding hydrogens is 623 g/mol. The molecule has 4 heteroatoms.